The first kappa shape index (κ1) is 24.4. The van der Waals surface area contributed by atoms with E-state index in [1.54, 1.807) is 24.3 Å². The molecule has 0 spiro atoms. The van der Waals surface area contributed by atoms with E-state index in [0.29, 0.717) is 40.7 Å². The number of hydrogen-bond acceptors (Lipinski definition) is 4. The Bertz CT molecular complexity index is 1120. The second kappa shape index (κ2) is 10.2. The van der Waals surface area contributed by atoms with Gasteiger partial charge in [-0.1, -0.05) is 49.2 Å². The van der Waals surface area contributed by atoms with Gasteiger partial charge < -0.3 is 9.47 Å². The van der Waals surface area contributed by atoms with Gasteiger partial charge in [0, 0.05) is 18.4 Å². The lowest BCUT2D eigenvalue weighted by molar-refractivity contribution is -0.136. The Morgan fingerprint density at radius 2 is 1.79 bits per heavy atom. The zero-order valence-corrected chi connectivity index (χ0v) is 20.0. The van der Waals surface area contributed by atoms with Crippen molar-refractivity contribution in [3.05, 3.63) is 82.2 Å². The maximum atomic E-state index is 15.2. The third-order valence-electron chi connectivity index (χ3n) is 5.50. The molecule has 2 aromatic rings. The molecule has 4 nitrogen and oxygen atoms in total. The highest BCUT2D eigenvalue weighted by Gasteiger charge is 2.23. The largest absolute Gasteiger partial charge is 0.466 e. The molecule has 0 saturated heterocycles. The van der Waals surface area contributed by atoms with Crippen LogP contribution in [0.2, 0.25) is 0 Å². The van der Waals surface area contributed by atoms with E-state index in [0.717, 1.165) is 24.0 Å². The van der Waals surface area contributed by atoms with Gasteiger partial charge in [-0.2, -0.15) is 0 Å². The molecule has 0 bridgehead atoms. The summed E-state index contributed by atoms with van der Waals surface area (Å²) in [5, 5.41) is 0. The second-order valence-corrected chi connectivity index (χ2v) is 9.25. The lowest BCUT2D eigenvalue weighted by atomic mass is 9.95. The number of methoxy groups -OCH3 is 1. The van der Waals surface area contributed by atoms with Crippen LogP contribution < -0.4 is 0 Å². The van der Waals surface area contributed by atoms with Gasteiger partial charge in [0.05, 0.1) is 12.7 Å². The Balaban J connectivity index is 1.90. The van der Waals surface area contributed by atoms with Crippen LogP contribution in [0.25, 0.3) is 11.1 Å². The highest BCUT2D eigenvalue weighted by Crippen LogP contribution is 2.33. The molecule has 1 aliphatic rings. The monoisotopic (exact) mass is 450 g/mol. The maximum absolute atomic E-state index is 15.2. The molecule has 3 rings (SSSR count). The molecule has 174 valence electrons. The van der Waals surface area contributed by atoms with E-state index in [1.165, 1.54) is 13.2 Å². The van der Waals surface area contributed by atoms with Gasteiger partial charge in [-0.25, -0.2) is 14.0 Å². The molecule has 0 N–H and O–H groups in total. The number of carbonyl (C=O) groups excluding carboxylic acids is 2. The highest BCUT2D eigenvalue weighted by molar-refractivity contribution is 5.97. The molecule has 2 aromatic carbocycles. The van der Waals surface area contributed by atoms with E-state index in [2.05, 4.69) is 6.92 Å². The lowest BCUT2D eigenvalue weighted by Crippen LogP contribution is -2.24. The van der Waals surface area contributed by atoms with Crippen molar-refractivity contribution < 1.29 is 23.5 Å². The van der Waals surface area contributed by atoms with Crippen molar-refractivity contribution in [3.8, 4) is 11.1 Å². The Morgan fingerprint density at radius 3 is 2.42 bits per heavy atom. The third kappa shape index (κ3) is 5.98. The SMILES string of the molecule is CCCC1=C(Cc2ccc(-c3ccccc3C(=O)OC(C)(C)C)cc2F)C=C(C(=O)OC)C1. The summed E-state index contributed by atoms with van der Waals surface area (Å²) < 4.78 is 25.6. The molecule has 0 saturated carbocycles. The van der Waals surface area contributed by atoms with Gasteiger partial charge in [-0.3, -0.25) is 0 Å². The Kier molecular flexibility index (Phi) is 7.52. The van der Waals surface area contributed by atoms with Crippen LogP contribution in [0.3, 0.4) is 0 Å². The van der Waals surface area contributed by atoms with Crippen LogP contribution in [0.1, 0.15) is 62.9 Å². The van der Waals surface area contributed by atoms with Crippen LogP contribution in [-0.2, 0) is 20.7 Å². The Labute approximate surface area is 195 Å². The summed E-state index contributed by atoms with van der Waals surface area (Å²) in [7, 11) is 1.37. The summed E-state index contributed by atoms with van der Waals surface area (Å²) in [4.78, 5) is 24.7. The minimum atomic E-state index is -0.624. The standard InChI is InChI=1S/C28H31FO4/c1-6-9-18-14-22(26(30)32-5)16-21(18)15-20-13-12-19(17-25(20)29)23-10-7-8-11-24(23)27(31)33-28(2,3)4/h7-8,10-13,16-17H,6,9,14-15H2,1-5H3. The topological polar surface area (TPSA) is 52.6 Å². The van der Waals surface area contributed by atoms with E-state index < -0.39 is 11.6 Å². The first-order valence-corrected chi connectivity index (χ1v) is 11.2. The molecule has 0 aromatic heterocycles. The maximum Gasteiger partial charge on any atom is 0.339 e. The summed E-state index contributed by atoms with van der Waals surface area (Å²) in [5.41, 5.74) is 4.28. The number of esters is 2. The molecule has 0 aliphatic heterocycles. The first-order chi connectivity index (χ1) is 15.6. The first-order valence-electron chi connectivity index (χ1n) is 11.2. The van der Waals surface area contributed by atoms with E-state index in [4.69, 9.17) is 9.47 Å². The summed E-state index contributed by atoms with van der Waals surface area (Å²) in [6, 6.07) is 12.1. The predicted octanol–water partition coefficient (Wildman–Crippen LogP) is 6.59. The van der Waals surface area contributed by atoms with Crippen molar-refractivity contribution in [1.29, 1.82) is 0 Å². The van der Waals surface area contributed by atoms with Gasteiger partial charge >= 0.3 is 11.9 Å². The van der Waals surface area contributed by atoms with Gasteiger partial charge in [-0.05, 0) is 67.7 Å². The van der Waals surface area contributed by atoms with Gasteiger partial charge in [0.2, 0.25) is 0 Å². The van der Waals surface area contributed by atoms with E-state index in [1.807, 2.05) is 39.0 Å². The molecular weight excluding hydrogens is 419 g/mol. The fourth-order valence-electron chi connectivity index (χ4n) is 4.01. The van der Waals surface area contributed by atoms with Crippen LogP contribution in [0, 0.1) is 5.82 Å². The van der Waals surface area contributed by atoms with Gasteiger partial charge in [-0.15, -0.1) is 0 Å². The third-order valence-corrected chi connectivity index (χ3v) is 5.50. The van der Waals surface area contributed by atoms with Crippen LogP contribution in [0.15, 0.2) is 65.3 Å². The lowest BCUT2D eigenvalue weighted by Gasteiger charge is -2.20. The van der Waals surface area contributed by atoms with E-state index in [9.17, 15) is 9.59 Å². The number of carbonyl (C=O) groups is 2. The minimum Gasteiger partial charge on any atom is -0.466 e. The van der Waals surface area contributed by atoms with Crippen molar-refractivity contribution in [3.63, 3.8) is 0 Å². The van der Waals surface area contributed by atoms with Gasteiger partial charge in [0.1, 0.15) is 11.4 Å². The number of hydrogen-bond donors (Lipinski definition) is 0. The van der Waals surface area contributed by atoms with Crippen LogP contribution in [0.5, 0.6) is 0 Å². The molecule has 0 heterocycles. The van der Waals surface area contributed by atoms with E-state index in [-0.39, 0.29) is 11.8 Å². The molecule has 5 heteroatoms. The average molecular weight is 451 g/mol. The molecule has 0 fully saturated rings. The smallest absolute Gasteiger partial charge is 0.339 e. The predicted molar refractivity (Wildman–Crippen MR) is 127 cm³/mol. The van der Waals surface area contributed by atoms with Crippen molar-refractivity contribution in [2.45, 2.75) is 59.0 Å². The molecule has 33 heavy (non-hydrogen) atoms. The van der Waals surface area contributed by atoms with Crippen LogP contribution >= 0.6 is 0 Å². The molecule has 0 amide bonds. The highest BCUT2D eigenvalue weighted by atomic mass is 19.1. The zero-order chi connectivity index (χ0) is 24.2. The number of rotatable bonds is 7. The molecule has 0 unspecified atom stereocenters. The van der Waals surface area contributed by atoms with Crippen LogP contribution in [0.4, 0.5) is 4.39 Å². The average Bonchev–Trinajstić information content (AvgIpc) is 3.16. The second-order valence-electron chi connectivity index (χ2n) is 9.25. The molecular formula is C28H31FO4. The number of benzene rings is 2. The molecule has 0 radical (unpaired) electrons. The minimum absolute atomic E-state index is 0.340. The summed E-state index contributed by atoms with van der Waals surface area (Å²) in [6.45, 7) is 7.52. The Morgan fingerprint density at radius 1 is 1.06 bits per heavy atom. The number of allylic oxidation sites excluding steroid dienone is 3. The number of ether oxygens (including phenoxy) is 2. The van der Waals surface area contributed by atoms with Crippen molar-refractivity contribution in [1.82, 2.24) is 0 Å². The summed E-state index contributed by atoms with van der Waals surface area (Å²) >= 11 is 0. The quantitative estimate of drug-likeness (QED) is 0.447. The number of halogens is 1. The van der Waals surface area contributed by atoms with Crippen molar-refractivity contribution >= 4 is 11.9 Å². The summed E-state index contributed by atoms with van der Waals surface area (Å²) in [6.07, 6.45) is 4.59. The van der Waals surface area contributed by atoms with Crippen molar-refractivity contribution in [2.75, 3.05) is 7.11 Å². The van der Waals surface area contributed by atoms with Gasteiger partial charge in [0.25, 0.3) is 0 Å². The molecule has 0 atom stereocenters. The fourth-order valence-corrected chi connectivity index (χ4v) is 4.01. The van der Waals surface area contributed by atoms with Gasteiger partial charge in [0.15, 0.2) is 0 Å². The van der Waals surface area contributed by atoms with E-state index >= 15 is 4.39 Å². The molecule has 1 aliphatic carbocycles. The summed E-state index contributed by atoms with van der Waals surface area (Å²) in [5.74, 6) is -1.13. The fraction of sp³-hybridized carbons (Fsp3) is 0.357. The zero-order valence-electron chi connectivity index (χ0n) is 20.0. The normalized spacial score (nSPS) is 13.7. The van der Waals surface area contributed by atoms with Crippen LogP contribution in [-0.4, -0.2) is 24.6 Å². The van der Waals surface area contributed by atoms with Crippen molar-refractivity contribution in [2.24, 2.45) is 0 Å². The Hall–Kier alpha value is -3.21.